The van der Waals surface area contributed by atoms with Crippen LogP contribution in [0, 0.1) is 0 Å². The summed E-state index contributed by atoms with van der Waals surface area (Å²) in [5.74, 6) is -0.704. The van der Waals surface area contributed by atoms with Gasteiger partial charge in [0.15, 0.2) is 5.58 Å². The highest BCUT2D eigenvalue weighted by Crippen LogP contribution is 2.18. The second-order valence-electron chi connectivity index (χ2n) is 4.30. The number of hydrogen-bond donors (Lipinski definition) is 0. The molecule has 0 saturated heterocycles. The number of carbonyl (C=O) groups is 1. The van der Waals surface area contributed by atoms with Crippen LogP contribution >= 0.6 is 15.9 Å². The Morgan fingerprint density at radius 1 is 1.38 bits per heavy atom. The molecule has 0 unspecified atom stereocenters. The Labute approximate surface area is 129 Å². The van der Waals surface area contributed by atoms with Crippen LogP contribution in [0.25, 0.3) is 11.1 Å². The number of oxazole rings is 1. The number of ether oxygens (including phenoxy) is 2. The van der Waals surface area contributed by atoms with Crippen molar-refractivity contribution >= 4 is 33.0 Å². The Kier molecular flexibility index (Phi) is 5.58. The summed E-state index contributed by atoms with van der Waals surface area (Å²) in [5, 5.41) is 0. The molecule has 0 fully saturated rings. The summed E-state index contributed by atoms with van der Waals surface area (Å²) in [4.78, 5) is 22.9. The summed E-state index contributed by atoms with van der Waals surface area (Å²) in [7, 11) is 0. The van der Waals surface area contributed by atoms with E-state index < -0.39 is 5.76 Å². The van der Waals surface area contributed by atoms with Crippen molar-refractivity contribution in [2.24, 2.45) is 0 Å². The minimum atomic E-state index is -0.419. The Hall–Kier alpha value is -1.60. The van der Waals surface area contributed by atoms with E-state index in [1.54, 1.807) is 13.0 Å². The Bertz CT molecular complexity index is 676. The maximum atomic E-state index is 11.8. The molecular formula is C14H16BrNO5. The molecule has 2 aromatic rings. The van der Waals surface area contributed by atoms with E-state index in [0.717, 1.165) is 4.47 Å². The number of aromatic nitrogens is 1. The molecule has 7 heteroatoms. The van der Waals surface area contributed by atoms with Gasteiger partial charge < -0.3 is 13.9 Å². The normalized spacial score (nSPS) is 11.0. The molecule has 0 spiro atoms. The second-order valence-corrected chi connectivity index (χ2v) is 5.21. The van der Waals surface area contributed by atoms with E-state index in [-0.39, 0.29) is 19.0 Å². The van der Waals surface area contributed by atoms with E-state index in [1.165, 1.54) is 4.57 Å². The van der Waals surface area contributed by atoms with Crippen LogP contribution in [0.1, 0.15) is 13.3 Å². The third kappa shape index (κ3) is 4.18. The van der Waals surface area contributed by atoms with Gasteiger partial charge in [-0.2, -0.15) is 0 Å². The molecule has 114 valence electrons. The van der Waals surface area contributed by atoms with E-state index >= 15 is 0 Å². The molecule has 6 nitrogen and oxygen atoms in total. The van der Waals surface area contributed by atoms with Crippen LogP contribution < -0.4 is 5.76 Å². The monoisotopic (exact) mass is 357 g/mol. The summed E-state index contributed by atoms with van der Waals surface area (Å²) in [6.45, 7) is 3.08. The molecule has 1 aromatic heterocycles. The molecule has 0 aliphatic heterocycles. The number of esters is 1. The lowest BCUT2D eigenvalue weighted by atomic mass is 10.3. The third-order valence-electron chi connectivity index (χ3n) is 2.84. The van der Waals surface area contributed by atoms with Crippen LogP contribution in [0.15, 0.2) is 31.9 Å². The smallest absolute Gasteiger partial charge is 0.420 e. The summed E-state index contributed by atoms with van der Waals surface area (Å²) in [5.41, 5.74) is 1.25. The zero-order valence-corrected chi connectivity index (χ0v) is 13.2. The lowest BCUT2D eigenvalue weighted by Gasteiger charge is -2.05. The van der Waals surface area contributed by atoms with Crippen molar-refractivity contribution in [2.45, 2.75) is 19.9 Å². The lowest BCUT2D eigenvalue weighted by molar-refractivity contribution is -0.144. The summed E-state index contributed by atoms with van der Waals surface area (Å²) >= 11 is 3.36. The van der Waals surface area contributed by atoms with Gasteiger partial charge in [0.05, 0.1) is 38.3 Å². The minimum absolute atomic E-state index is 0.209. The minimum Gasteiger partial charge on any atom is -0.466 e. The third-order valence-corrected chi connectivity index (χ3v) is 3.34. The van der Waals surface area contributed by atoms with Gasteiger partial charge >= 0.3 is 11.7 Å². The molecule has 0 aliphatic carbocycles. The first kappa shape index (κ1) is 15.8. The van der Waals surface area contributed by atoms with E-state index in [2.05, 4.69) is 15.9 Å². The molecule has 0 atom stereocenters. The summed E-state index contributed by atoms with van der Waals surface area (Å²) in [6, 6.07) is 5.36. The van der Waals surface area contributed by atoms with Crippen molar-refractivity contribution in [3.8, 4) is 0 Å². The molecule has 1 heterocycles. The van der Waals surface area contributed by atoms with Gasteiger partial charge in [0, 0.05) is 4.47 Å². The zero-order valence-electron chi connectivity index (χ0n) is 11.6. The fourth-order valence-electron chi connectivity index (χ4n) is 1.89. The van der Waals surface area contributed by atoms with Crippen LogP contribution in [0.2, 0.25) is 0 Å². The Balaban J connectivity index is 1.89. The maximum Gasteiger partial charge on any atom is 0.420 e. The van der Waals surface area contributed by atoms with Gasteiger partial charge in [0.2, 0.25) is 0 Å². The van der Waals surface area contributed by atoms with Crippen molar-refractivity contribution < 1.29 is 18.7 Å². The van der Waals surface area contributed by atoms with E-state index in [0.29, 0.717) is 30.9 Å². The van der Waals surface area contributed by atoms with Gasteiger partial charge in [0.1, 0.15) is 0 Å². The average Bonchev–Trinajstić information content (AvgIpc) is 2.74. The fraction of sp³-hybridized carbons (Fsp3) is 0.429. The first-order valence-corrected chi connectivity index (χ1v) is 7.43. The van der Waals surface area contributed by atoms with Crippen LogP contribution in [0.5, 0.6) is 0 Å². The highest BCUT2D eigenvalue weighted by molar-refractivity contribution is 9.10. The molecule has 0 radical (unpaired) electrons. The molecule has 0 N–H and O–H groups in total. The molecule has 21 heavy (non-hydrogen) atoms. The van der Waals surface area contributed by atoms with Crippen molar-refractivity contribution in [3.05, 3.63) is 33.2 Å². The Morgan fingerprint density at radius 3 is 2.95 bits per heavy atom. The van der Waals surface area contributed by atoms with E-state index in [4.69, 9.17) is 13.9 Å². The molecule has 0 bridgehead atoms. The molecular weight excluding hydrogens is 342 g/mol. The Morgan fingerprint density at radius 2 is 2.19 bits per heavy atom. The highest BCUT2D eigenvalue weighted by Gasteiger charge is 2.09. The number of carbonyl (C=O) groups excluding carboxylic acids is 1. The lowest BCUT2D eigenvalue weighted by Crippen LogP contribution is -2.18. The second kappa shape index (κ2) is 7.42. The van der Waals surface area contributed by atoms with E-state index in [1.807, 2.05) is 12.1 Å². The van der Waals surface area contributed by atoms with Crippen LogP contribution in [0.4, 0.5) is 0 Å². The molecule has 0 saturated carbocycles. The maximum absolute atomic E-state index is 11.8. The van der Waals surface area contributed by atoms with Gasteiger partial charge in [0.25, 0.3) is 0 Å². The number of nitrogens with zero attached hydrogens (tertiary/aromatic N) is 1. The zero-order chi connectivity index (χ0) is 15.2. The number of rotatable bonds is 7. The fourth-order valence-corrected chi connectivity index (χ4v) is 2.24. The molecule has 2 rings (SSSR count). The number of halogens is 1. The van der Waals surface area contributed by atoms with Crippen molar-refractivity contribution in [3.63, 3.8) is 0 Å². The first-order chi connectivity index (χ1) is 10.1. The standard InChI is InChI=1S/C14H16BrNO5/c1-2-20-13(17)5-7-19-8-6-16-11-9-10(15)3-4-12(11)21-14(16)18/h3-4,9H,2,5-8H2,1H3. The summed E-state index contributed by atoms with van der Waals surface area (Å²) in [6.07, 6.45) is 0.209. The van der Waals surface area contributed by atoms with Crippen molar-refractivity contribution in [1.29, 1.82) is 0 Å². The van der Waals surface area contributed by atoms with Gasteiger partial charge in [-0.05, 0) is 25.1 Å². The SMILES string of the molecule is CCOC(=O)CCOCCn1c(=O)oc2ccc(Br)cc21. The predicted octanol–water partition coefficient (Wildman–Crippen LogP) is 2.33. The topological polar surface area (TPSA) is 70.7 Å². The summed E-state index contributed by atoms with van der Waals surface area (Å²) < 4.78 is 17.6. The number of hydrogen-bond acceptors (Lipinski definition) is 5. The average molecular weight is 358 g/mol. The van der Waals surface area contributed by atoms with Crippen molar-refractivity contribution in [1.82, 2.24) is 4.57 Å². The van der Waals surface area contributed by atoms with Gasteiger partial charge in [-0.15, -0.1) is 0 Å². The predicted molar refractivity (Wildman–Crippen MR) is 80.2 cm³/mol. The quantitative estimate of drug-likeness (QED) is 0.561. The molecule has 1 aromatic carbocycles. The highest BCUT2D eigenvalue weighted by atomic mass is 79.9. The number of benzene rings is 1. The van der Waals surface area contributed by atoms with Crippen LogP contribution in [0.3, 0.4) is 0 Å². The largest absolute Gasteiger partial charge is 0.466 e. The molecule has 0 amide bonds. The van der Waals surface area contributed by atoms with E-state index in [9.17, 15) is 9.59 Å². The van der Waals surface area contributed by atoms with Gasteiger partial charge in [-0.3, -0.25) is 9.36 Å². The van der Waals surface area contributed by atoms with Gasteiger partial charge in [-0.25, -0.2) is 4.79 Å². The first-order valence-electron chi connectivity index (χ1n) is 6.64. The van der Waals surface area contributed by atoms with Crippen LogP contribution in [-0.4, -0.2) is 30.4 Å². The number of fused-ring (bicyclic) bond motifs is 1. The van der Waals surface area contributed by atoms with Crippen molar-refractivity contribution in [2.75, 3.05) is 19.8 Å². The van der Waals surface area contributed by atoms with Gasteiger partial charge in [-0.1, -0.05) is 15.9 Å². The molecule has 0 aliphatic rings. The van der Waals surface area contributed by atoms with Crippen LogP contribution in [-0.2, 0) is 20.8 Å².